The molecule has 0 aromatic heterocycles. The van der Waals surface area contributed by atoms with Gasteiger partial charge in [0.2, 0.25) is 7.41 Å². The third-order valence-electron chi connectivity index (χ3n) is 5.42. The normalized spacial score (nSPS) is 41.3. The van der Waals surface area contributed by atoms with Gasteiger partial charge < -0.3 is 9.71 Å². The average molecular weight is 256 g/mol. The summed E-state index contributed by atoms with van der Waals surface area (Å²) in [6.07, 6.45) is 10.1. The molecule has 0 aromatic rings. The Labute approximate surface area is 115 Å². The molecule has 2 fully saturated rings. The second-order valence-electron chi connectivity index (χ2n) is 6.49. The van der Waals surface area contributed by atoms with Gasteiger partial charge >= 0.3 is 0 Å². The van der Waals surface area contributed by atoms with Gasteiger partial charge in [-0.25, -0.2) is 0 Å². The molecule has 4 unspecified atom stereocenters. The van der Waals surface area contributed by atoms with Crippen molar-refractivity contribution in [3.8, 4) is 0 Å². The average Bonchev–Trinajstić information content (AvgIpc) is 3.03. The van der Waals surface area contributed by atoms with E-state index in [4.69, 9.17) is 0 Å². The lowest BCUT2D eigenvalue weighted by atomic mass is 9.67. The number of hydrogen-bond acceptors (Lipinski definition) is 3. The van der Waals surface area contributed by atoms with Crippen LogP contribution in [0.1, 0.15) is 19.3 Å². The zero-order valence-electron chi connectivity index (χ0n) is 11.4. The van der Waals surface area contributed by atoms with Gasteiger partial charge in [0.05, 0.1) is 0 Å². The minimum absolute atomic E-state index is 0.199. The van der Waals surface area contributed by atoms with E-state index in [0.29, 0.717) is 17.7 Å². The van der Waals surface area contributed by atoms with Crippen LogP contribution in [0, 0.1) is 11.8 Å². The number of carbonyl (C=O) groups excluding carboxylic acids is 1. The van der Waals surface area contributed by atoms with Gasteiger partial charge in [-0.3, -0.25) is 4.79 Å². The number of piperazine rings is 1. The maximum Gasteiger partial charge on any atom is 0.243 e. The zero-order valence-corrected chi connectivity index (χ0v) is 11.4. The minimum Gasteiger partial charge on any atom is -0.336 e. The minimum atomic E-state index is 0.199. The molecule has 4 atom stereocenters. The Morgan fingerprint density at radius 3 is 3.11 bits per heavy atom. The van der Waals surface area contributed by atoms with Crippen LogP contribution in [0.4, 0.5) is 0 Å². The molecule has 2 bridgehead atoms. The van der Waals surface area contributed by atoms with Gasteiger partial charge in [0.1, 0.15) is 0 Å². The van der Waals surface area contributed by atoms with Crippen LogP contribution in [-0.2, 0) is 4.79 Å². The maximum atomic E-state index is 12.5. The van der Waals surface area contributed by atoms with Crippen LogP contribution in [-0.4, -0.2) is 55.1 Å². The molecule has 4 heteroatoms. The number of rotatable bonds is 2. The molecule has 4 rings (SSSR count). The smallest absolute Gasteiger partial charge is 0.243 e. The summed E-state index contributed by atoms with van der Waals surface area (Å²) in [4.78, 5) is 17.6. The maximum absolute atomic E-state index is 12.5. The Balaban J connectivity index is 1.47. The van der Waals surface area contributed by atoms with Gasteiger partial charge in [0, 0.05) is 31.6 Å². The molecule has 2 aliphatic carbocycles. The molecule has 0 amide bonds. The highest BCUT2D eigenvalue weighted by Crippen LogP contribution is 2.35. The van der Waals surface area contributed by atoms with Crippen molar-refractivity contribution in [2.75, 3.05) is 26.2 Å². The van der Waals surface area contributed by atoms with Gasteiger partial charge in [0.15, 0.2) is 5.78 Å². The summed E-state index contributed by atoms with van der Waals surface area (Å²) in [5.41, 5.74) is 1.09. The molecule has 2 saturated heterocycles. The molecule has 100 valence electrons. The summed E-state index contributed by atoms with van der Waals surface area (Å²) in [5, 5.41) is 0. The first-order chi connectivity index (χ1) is 9.31. The molecule has 2 heterocycles. The van der Waals surface area contributed by atoms with Gasteiger partial charge in [-0.15, -0.1) is 0 Å². The van der Waals surface area contributed by atoms with E-state index in [-0.39, 0.29) is 5.92 Å². The molecular weight excluding hydrogens is 235 g/mol. The van der Waals surface area contributed by atoms with E-state index in [1.54, 1.807) is 0 Å². The molecular formula is C15H21BN2O. The zero-order chi connectivity index (χ0) is 12.8. The van der Waals surface area contributed by atoms with Crippen LogP contribution in [0.25, 0.3) is 0 Å². The number of fused-ring (bicyclic) bond motifs is 3. The predicted octanol–water partition coefficient (Wildman–Crippen LogP) is 0.777. The summed E-state index contributed by atoms with van der Waals surface area (Å²) in [5.74, 6) is 1.18. The highest BCUT2D eigenvalue weighted by atomic mass is 16.1. The largest absolute Gasteiger partial charge is 0.336 e. The van der Waals surface area contributed by atoms with Gasteiger partial charge in [-0.2, -0.15) is 0 Å². The van der Waals surface area contributed by atoms with Crippen molar-refractivity contribution in [2.24, 2.45) is 11.8 Å². The Hall–Kier alpha value is -0.865. The first kappa shape index (κ1) is 11.9. The predicted molar refractivity (Wildman–Crippen MR) is 77.1 cm³/mol. The van der Waals surface area contributed by atoms with Crippen LogP contribution in [0.15, 0.2) is 23.7 Å². The van der Waals surface area contributed by atoms with Crippen molar-refractivity contribution in [2.45, 2.75) is 25.3 Å². The van der Waals surface area contributed by atoms with Gasteiger partial charge in [0.25, 0.3) is 0 Å². The van der Waals surface area contributed by atoms with Crippen molar-refractivity contribution < 1.29 is 4.79 Å². The van der Waals surface area contributed by atoms with Crippen molar-refractivity contribution >= 4 is 13.2 Å². The standard InChI is InChI=1S/C15H21BN2O/c19-15-13-3-1-2-11(13)4-5-14(15)16-18-9-8-17-7-6-12(18)10-17/h1,3,5,11-13,16H,2,4,6-10H2. The lowest BCUT2D eigenvalue weighted by Gasteiger charge is -2.35. The lowest BCUT2D eigenvalue weighted by Crippen LogP contribution is -2.50. The van der Waals surface area contributed by atoms with E-state index in [0.717, 1.165) is 32.3 Å². The molecule has 0 spiro atoms. The molecule has 4 aliphatic rings. The first-order valence-corrected chi connectivity index (χ1v) is 7.67. The first-order valence-electron chi connectivity index (χ1n) is 7.67. The second kappa shape index (κ2) is 4.60. The summed E-state index contributed by atoms with van der Waals surface area (Å²) in [7, 11) is 0.897. The van der Waals surface area contributed by atoms with E-state index < -0.39 is 0 Å². The molecule has 19 heavy (non-hydrogen) atoms. The topological polar surface area (TPSA) is 23.6 Å². The summed E-state index contributed by atoms with van der Waals surface area (Å²) >= 11 is 0. The van der Waals surface area contributed by atoms with E-state index in [1.165, 1.54) is 26.1 Å². The van der Waals surface area contributed by atoms with Crippen LogP contribution >= 0.6 is 0 Å². The SMILES string of the molecule is O=C1C(BN2CCN3CCC2C3)=CCC2CC=CC12. The van der Waals surface area contributed by atoms with Gasteiger partial charge in [-0.1, -0.05) is 18.2 Å². The van der Waals surface area contributed by atoms with Crippen LogP contribution < -0.4 is 0 Å². The highest BCUT2D eigenvalue weighted by Gasteiger charge is 2.37. The second-order valence-corrected chi connectivity index (χ2v) is 6.49. The van der Waals surface area contributed by atoms with Crippen molar-refractivity contribution in [1.29, 1.82) is 0 Å². The number of ketones is 1. The molecule has 0 aromatic carbocycles. The van der Waals surface area contributed by atoms with Crippen LogP contribution in [0.3, 0.4) is 0 Å². The molecule has 0 N–H and O–H groups in total. The quantitative estimate of drug-likeness (QED) is 0.538. The number of Topliss-reactive ketones (excluding diaryl/α,β-unsaturated/α-hetero) is 1. The van der Waals surface area contributed by atoms with E-state index in [1.807, 2.05) is 0 Å². The van der Waals surface area contributed by atoms with E-state index in [2.05, 4.69) is 27.9 Å². The Morgan fingerprint density at radius 2 is 2.16 bits per heavy atom. The molecule has 3 nitrogen and oxygen atoms in total. The number of carbonyl (C=O) groups is 1. The Kier molecular flexibility index (Phi) is 2.89. The van der Waals surface area contributed by atoms with E-state index >= 15 is 0 Å². The van der Waals surface area contributed by atoms with Crippen molar-refractivity contribution in [1.82, 2.24) is 9.71 Å². The third-order valence-corrected chi connectivity index (χ3v) is 5.42. The number of hydrogen-bond donors (Lipinski definition) is 0. The number of nitrogens with zero attached hydrogens (tertiary/aromatic N) is 2. The molecule has 2 aliphatic heterocycles. The summed E-state index contributed by atoms with van der Waals surface area (Å²) < 4.78 is 0. The fourth-order valence-corrected chi connectivity index (χ4v) is 4.19. The number of allylic oxidation sites excluding steroid dienone is 4. The molecule has 0 saturated carbocycles. The van der Waals surface area contributed by atoms with Crippen molar-refractivity contribution in [3.05, 3.63) is 23.7 Å². The monoisotopic (exact) mass is 256 g/mol. The van der Waals surface area contributed by atoms with Crippen molar-refractivity contribution in [3.63, 3.8) is 0 Å². The fraction of sp³-hybridized carbons (Fsp3) is 0.667. The van der Waals surface area contributed by atoms with E-state index in [9.17, 15) is 4.79 Å². The Morgan fingerprint density at radius 1 is 1.21 bits per heavy atom. The van der Waals surface area contributed by atoms with Crippen LogP contribution in [0.5, 0.6) is 0 Å². The summed E-state index contributed by atoms with van der Waals surface area (Å²) in [6, 6.07) is 0.694. The van der Waals surface area contributed by atoms with Gasteiger partial charge in [-0.05, 0) is 37.2 Å². The fourth-order valence-electron chi connectivity index (χ4n) is 4.19. The lowest BCUT2D eigenvalue weighted by molar-refractivity contribution is -0.118. The summed E-state index contributed by atoms with van der Waals surface area (Å²) in [6.45, 7) is 4.79. The highest BCUT2D eigenvalue weighted by molar-refractivity contribution is 6.52. The van der Waals surface area contributed by atoms with Crippen LogP contribution in [0.2, 0.25) is 0 Å². The third kappa shape index (κ3) is 2.02. The molecule has 0 radical (unpaired) electrons. The Bertz CT molecular complexity index is 459.